The molecule has 0 aliphatic rings. The molecular formula is C15H16ClNOS. The second kappa shape index (κ2) is 6.22. The number of carbonyl (C=O) groups is 1. The number of carbonyl (C=O) groups excluding carboxylic acids is 1. The SMILES string of the molecule is CCN(CC(=O)c1ccc(Cl)s1)c1ccccc1C. The van der Waals surface area contributed by atoms with Crippen LogP contribution in [0.4, 0.5) is 5.69 Å². The molecule has 0 aliphatic carbocycles. The van der Waals surface area contributed by atoms with E-state index in [1.165, 1.54) is 16.9 Å². The second-order valence-corrected chi connectivity index (χ2v) is 6.04. The highest BCUT2D eigenvalue weighted by Gasteiger charge is 2.14. The molecule has 0 saturated heterocycles. The first-order chi connectivity index (χ1) is 9.11. The third-order valence-electron chi connectivity index (χ3n) is 3.02. The lowest BCUT2D eigenvalue weighted by molar-refractivity contribution is 0.100. The van der Waals surface area contributed by atoms with E-state index in [2.05, 4.69) is 24.8 Å². The first-order valence-corrected chi connectivity index (χ1v) is 7.40. The molecule has 2 nitrogen and oxygen atoms in total. The van der Waals surface area contributed by atoms with Gasteiger partial charge < -0.3 is 4.90 Å². The van der Waals surface area contributed by atoms with E-state index in [0.717, 1.165) is 17.1 Å². The van der Waals surface area contributed by atoms with Gasteiger partial charge in [-0.3, -0.25) is 4.79 Å². The molecule has 0 amide bonds. The van der Waals surface area contributed by atoms with Crippen LogP contribution < -0.4 is 4.90 Å². The van der Waals surface area contributed by atoms with Crippen LogP contribution in [0.3, 0.4) is 0 Å². The average molecular weight is 294 g/mol. The monoisotopic (exact) mass is 293 g/mol. The van der Waals surface area contributed by atoms with Gasteiger partial charge in [0, 0.05) is 12.2 Å². The number of para-hydroxylation sites is 1. The molecule has 2 aromatic rings. The van der Waals surface area contributed by atoms with E-state index in [1.807, 2.05) is 18.2 Å². The summed E-state index contributed by atoms with van der Waals surface area (Å²) in [6.45, 7) is 5.31. The number of thiophene rings is 1. The summed E-state index contributed by atoms with van der Waals surface area (Å²) in [5, 5.41) is 0. The van der Waals surface area contributed by atoms with E-state index in [0.29, 0.717) is 10.9 Å². The van der Waals surface area contributed by atoms with Crippen molar-refractivity contribution >= 4 is 34.4 Å². The van der Waals surface area contributed by atoms with Crippen molar-refractivity contribution in [1.29, 1.82) is 0 Å². The number of hydrogen-bond acceptors (Lipinski definition) is 3. The van der Waals surface area contributed by atoms with Gasteiger partial charge in [0.25, 0.3) is 0 Å². The molecule has 0 unspecified atom stereocenters. The standard InChI is InChI=1S/C15H16ClNOS/c1-3-17(12-7-5-4-6-11(12)2)10-13(18)14-8-9-15(16)19-14/h4-9H,3,10H2,1-2H3. The Morgan fingerprint density at radius 3 is 2.58 bits per heavy atom. The zero-order chi connectivity index (χ0) is 13.8. The molecular weight excluding hydrogens is 278 g/mol. The van der Waals surface area contributed by atoms with Crippen molar-refractivity contribution in [2.75, 3.05) is 18.0 Å². The number of hydrogen-bond donors (Lipinski definition) is 0. The van der Waals surface area contributed by atoms with Gasteiger partial charge in [0.15, 0.2) is 5.78 Å². The molecule has 1 aromatic heterocycles. The maximum atomic E-state index is 12.2. The summed E-state index contributed by atoms with van der Waals surface area (Å²) in [4.78, 5) is 15.0. The summed E-state index contributed by atoms with van der Waals surface area (Å²) in [7, 11) is 0. The quantitative estimate of drug-likeness (QED) is 0.761. The number of Topliss-reactive ketones (excluding diaryl/α,β-unsaturated/α-hetero) is 1. The van der Waals surface area contributed by atoms with Gasteiger partial charge in [-0.2, -0.15) is 0 Å². The molecule has 0 bridgehead atoms. The highest BCUT2D eigenvalue weighted by molar-refractivity contribution is 7.18. The van der Waals surface area contributed by atoms with Crippen LogP contribution in [0.15, 0.2) is 36.4 Å². The van der Waals surface area contributed by atoms with Crippen molar-refractivity contribution in [1.82, 2.24) is 0 Å². The minimum Gasteiger partial charge on any atom is -0.364 e. The highest BCUT2D eigenvalue weighted by atomic mass is 35.5. The van der Waals surface area contributed by atoms with Crippen molar-refractivity contribution in [3.05, 3.63) is 51.2 Å². The van der Waals surface area contributed by atoms with E-state index in [1.54, 1.807) is 12.1 Å². The minimum absolute atomic E-state index is 0.113. The molecule has 19 heavy (non-hydrogen) atoms. The summed E-state index contributed by atoms with van der Waals surface area (Å²) < 4.78 is 0.655. The molecule has 4 heteroatoms. The van der Waals surface area contributed by atoms with Crippen LogP contribution in [0.1, 0.15) is 22.2 Å². The molecule has 0 spiro atoms. The Kier molecular flexibility index (Phi) is 4.61. The molecule has 1 heterocycles. The highest BCUT2D eigenvalue weighted by Crippen LogP contribution is 2.24. The predicted molar refractivity (Wildman–Crippen MR) is 82.7 cm³/mol. The van der Waals surface area contributed by atoms with Crippen LogP contribution in [0, 0.1) is 6.92 Å². The zero-order valence-electron chi connectivity index (χ0n) is 11.0. The van der Waals surface area contributed by atoms with E-state index in [-0.39, 0.29) is 5.78 Å². The van der Waals surface area contributed by atoms with E-state index in [9.17, 15) is 4.79 Å². The third kappa shape index (κ3) is 3.37. The Bertz CT molecular complexity index is 579. The summed E-state index contributed by atoms with van der Waals surface area (Å²) in [6, 6.07) is 11.7. The van der Waals surface area contributed by atoms with Gasteiger partial charge in [0.2, 0.25) is 0 Å². The lowest BCUT2D eigenvalue weighted by Crippen LogP contribution is -2.29. The van der Waals surface area contributed by atoms with Gasteiger partial charge in [-0.1, -0.05) is 29.8 Å². The molecule has 0 saturated carbocycles. The number of anilines is 1. The molecule has 2 rings (SSSR count). The van der Waals surface area contributed by atoms with Gasteiger partial charge in [-0.25, -0.2) is 0 Å². The summed E-state index contributed by atoms with van der Waals surface area (Å²) in [6.07, 6.45) is 0. The lowest BCUT2D eigenvalue weighted by Gasteiger charge is -2.23. The number of ketones is 1. The van der Waals surface area contributed by atoms with Gasteiger partial charge >= 0.3 is 0 Å². The lowest BCUT2D eigenvalue weighted by atomic mass is 10.1. The molecule has 0 N–H and O–H groups in total. The Hall–Kier alpha value is -1.32. The van der Waals surface area contributed by atoms with Crippen molar-refractivity contribution < 1.29 is 4.79 Å². The van der Waals surface area contributed by atoms with Crippen LogP contribution in [0.2, 0.25) is 4.34 Å². The maximum Gasteiger partial charge on any atom is 0.192 e. The number of likely N-dealkylation sites (N-methyl/N-ethyl adjacent to an activating group) is 1. The molecule has 0 fully saturated rings. The molecule has 100 valence electrons. The number of nitrogens with zero attached hydrogens (tertiary/aromatic N) is 1. The summed E-state index contributed by atoms with van der Waals surface area (Å²) in [5.74, 6) is 0.113. The van der Waals surface area contributed by atoms with Crippen molar-refractivity contribution in [2.24, 2.45) is 0 Å². The normalized spacial score (nSPS) is 10.5. The largest absolute Gasteiger partial charge is 0.364 e. The van der Waals surface area contributed by atoms with Crippen LogP contribution in [-0.4, -0.2) is 18.9 Å². The van der Waals surface area contributed by atoms with Crippen molar-refractivity contribution in [3.63, 3.8) is 0 Å². The summed E-state index contributed by atoms with van der Waals surface area (Å²) >= 11 is 7.21. The Morgan fingerprint density at radius 1 is 1.26 bits per heavy atom. The zero-order valence-corrected chi connectivity index (χ0v) is 12.6. The maximum absolute atomic E-state index is 12.2. The molecule has 1 aromatic carbocycles. The second-order valence-electron chi connectivity index (χ2n) is 4.33. The first-order valence-electron chi connectivity index (χ1n) is 6.21. The van der Waals surface area contributed by atoms with Gasteiger partial charge in [0.1, 0.15) is 0 Å². The van der Waals surface area contributed by atoms with Crippen LogP contribution in [0.5, 0.6) is 0 Å². The number of rotatable bonds is 5. The Morgan fingerprint density at radius 2 is 2.00 bits per heavy atom. The fourth-order valence-electron chi connectivity index (χ4n) is 2.00. The minimum atomic E-state index is 0.113. The fraction of sp³-hybridized carbons (Fsp3) is 0.267. The number of aryl methyl sites for hydroxylation is 1. The van der Waals surface area contributed by atoms with Crippen molar-refractivity contribution in [2.45, 2.75) is 13.8 Å². The van der Waals surface area contributed by atoms with Gasteiger partial charge in [-0.05, 0) is 37.6 Å². The number of benzene rings is 1. The molecule has 0 radical (unpaired) electrons. The van der Waals surface area contributed by atoms with E-state index in [4.69, 9.17) is 11.6 Å². The Balaban J connectivity index is 2.16. The number of halogens is 1. The first kappa shape index (κ1) is 14.1. The fourth-order valence-corrected chi connectivity index (χ4v) is 2.97. The Labute approximate surface area is 122 Å². The van der Waals surface area contributed by atoms with Gasteiger partial charge in [0.05, 0.1) is 15.8 Å². The third-order valence-corrected chi connectivity index (χ3v) is 4.29. The topological polar surface area (TPSA) is 20.3 Å². The smallest absolute Gasteiger partial charge is 0.192 e. The van der Waals surface area contributed by atoms with E-state index >= 15 is 0 Å². The summed E-state index contributed by atoms with van der Waals surface area (Å²) in [5.41, 5.74) is 2.29. The average Bonchev–Trinajstić information content (AvgIpc) is 2.83. The van der Waals surface area contributed by atoms with Crippen LogP contribution >= 0.6 is 22.9 Å². The predicted octanol–water partition coefficient (Wildman–Crippen LogP) is 4.42. The molecule has 0 aliphatic heterocycles. The van der Waals surface area contributed by atoms with Crippen LogP contribution in [0.25, 0.3) is 0 Å². The van der Waals surface area contributed by atoms with E-state index < -0.39 is 0 Å². The van der Waals surface area contributed by atoms with Crippen molar-refractivity contribution in [3.8, 4) is 0 Å². The molecule has 0 atom stereocenters. The van der Waals surface area contributed by atoms with Gasteiger partial charge in [-0.15, -0.1) is 11.3 Å². The van der Waals surface area contributed by atoms with Crippen LogP contribution in [-0.2, 0) is 0 Å².